The van der Waals surface area contributed by atoms with Gasteiger partial charge in [-0.25, -0.2) is 0 Å². The van der Waals surface area contributed by atoms with Crippen molar-refractivity contribution in [2.75, 3.05) is 20.7 Å². The Hall–Kier alpha value is -1.30. The molecule has 1 aromatic heterocycles. The van der Waals surface area contributed by atoms with Crippen LogP contribution in [0.2, 0.25) is 0 Å². The molecule has 0 radical (unpaired) electrons. The predicted octanol–water partition coefficient (Wildman–Crippen LogP) is 2.15. The summed E-state index contributed by atoms with van der Waals surface area (Å²) in [6.45, 7) is 4.76. The molecule has 1 atom stereocenters. The maximum absolute atomic E-state index is 12.3. The molecule has 1 heterocycles. The van der Waals surface area contributed by atoms with E-state index in [0.717, 1.165) is 4.47 Å². The Labute approximate surface area is 121 Å². The second-order valence-corrected chi connectivity index (χ2v) is 5.36. The summed E-state index contributed by atoms with van der Waals surface area (Å²) in [7, 11) is 3.03. The standard InChI is InChI=1S/C13H19BrN2O3/c1-5-16-8-10(14)6-11(16)12(17)15(3)7-9(2)13(18)19-4/h6,8-9H,5,7H2,1-4H3. The maximum atomic E-state index is 12.3. The van der Waals surface area contributed by atoms with Crippen LogP contribution in [0, 0.1) is 5.92 Å². The first kappa shape index (κ1) is 15.8. The molecule has 0 N–H and O–H groups in total. The Balaban J connectivity index is 2.79. The van der Waals surface area contributed by atoms with Crippen molar-refractivity contribution in [1.29, 1.82) is 0 Å². The third-order valence-corrected chi connectivity index (χ3v) is 3.35. The Morgan fingerprint density at radius 2 is 2.16 bits per heavy atom. The van der Waals surface area contributed by atoms with Gasteiger partial charge in [0.05, 0.1) is 13.0 Å². The number of carbonyl (C=O) groups is 2. The van der Waals surface area contributed by atoms with Crippen LogP contribution in [-0.4, -0.2) is 42.0 Å². The second-order valence-electron chi connectivity index (χ2n) is 4.44. The zero-order chi connectivity index (χ0) is 14.6. The summed E-state index contributed by atoms with van der Waals surface area (Å²) in [5.74, 6) is -0.762. The lowest BCUT2D eigenvalue weighted by Gasteiger charge is -2.20. The highest BCUT2D eigenvalue weighted by atomic mass is 79.9. The number of hydrogen-bond acceptors (Lipinski definition) is 3. The molecule has 19 heavy (non-hydrogen) atoms. The van der Waals surface area contributed by atoms with Gasteiger partial charge in [0.2, 0.25) is 0 Å². The SMILES string of the molecule is CCn1cc(Br)cc1C(=O)N(C)CC(C)C(=O)OC. The fraction of sp³-hybridized carbons (Fsp3) is 0.538. The van der Waals surface area contributed by atoms with Crippen molar-refractivity contribution < 1.29 is 14.3 Å². The highest BCUT2D eigenvalue weighted by Gasteiger charge is 2.21. The number of carbonyl (C=O) groups excluding carboxylic acids is 2. The van der Waals surface area contributed by atoms with Crippen LogP contribution < -0.4 is 0 Å². The van der Waals surface area contributed by atoms with E-state index in [9.17, 15) is 9.59 Å². The molecule has 1 unspecified atom stereocenters. The van der Waals surface area contributed by atoms with E-state index in [2.05, 4.69) is 20.7 Å². The molecular formula is C13H19BrN2O3. The van der Waals surface area contributed by atoms with E-state index in [1.165, 1.54) is 12.0 Å². The van der Waals surface area contributed by atoms with Gasteiger partial charge in [0, 0.05) is 30.8 Å². The summed E-state index contributed by atoms with van der Waals surface area (Å²) in [5.41, 5.74) is 0.606. The van der Waals surface area contributed by atoms with Crippen LogP contribution in [0.25, 0.3) is 0 Å². The molecule has 0 aliphatic carbocycles. The van der Waals surface area contributed by atoms with Crippen LogP contribution in [0.1, 0.15) is 24.3 Å². The molecule has 0 fully saturated rings. The molecule has 1 amide bonds. The van der Waals surface area contributed by atoms with Gasteiger partial charge in [0.1, 0.15) is 5.69 Å². The molecular weight excluding hydrogens is 312 g/mol. The monoisotopic (exact) mass is 330 g/mol. The van der Waals surface area contributed by atoms with Gasteiger partial charge < -0.3 is 14.2 Å². The third-order valence-electron chi connectivity index (χ3n) is 2.92. The normalized spacial score (nSPS) is 12.1. The number of halogens is 1. The Morgan fingerprint density at radius 3 is 2.68 bits per heavy atom. The van der Waals surface area contributed by atoms with Gasteiger partial charge in [0.15, 0.2) is 0 Å². The van der Waals surface area contributed by atoms with Crippen LogP contribution in [0.15, 0.2) is 16.7 Å². The van der Waals surface area contributed by atoms with Gasteiger partial charge in [-0.2, -0.15) is 0 Å². The van der Waals surface area contributed by atoms with Crippen molar-refractivity contribution in [3.63, 3.8) is 0 Å². The Bertz CT molecular complexity index is 470. The first-order valence-electron chi connectivity index (χ1n) is 6.09. The van der Waals surface area contributed by atoms with Gasteiger partial charge in [0.25, 0.3) is 5.91 Å². The van der Waals surface area contributed by atoms with Gasteiger partial charge >= 0.3 is 5.97 Å². The number of aryl methyl sites for hydroxylation is 1. The molecule has 106 valence electrons. The molecule has 0 aromatic carbocycles. The smallest absolute Gasteiger partial charge is 0.310 e. The van der Waals surface area contributed by atoms with Crippen LogP contribution in [0.4, 0.5) is 0 Å². The molecule has 1 rings (SSSR count). The largest absolute Gasteiger partial charge is 0.469 e. The van der Waals surface area contributed by atoms with Gasteiger partial charge in [-0.1, -0.05) is 6.92 Å². The van der Waals surface area contributed by atoms with E-state index in [0.29, 0.717) is 18.8 Å². The Kier molecular flexibility index (Phi) is 5.60. The van der Waals surface area contributed by atoms with Crippen molar-refractivity contribution >= 4 is 27.8 Å². The average Bonchev–Trinajstić information content (AvgIpc) is 2.77. The number of rotatable bonds is 5. The lowest BCUT2D eigenvalue weighted by Crippen LogP contribution is -2.35. The lowest BCUT2D eigenvalue weighted by atomic mass is 10.1. The van der Waals surface area contributed by atoms with Crippen molar-refractivity contribution in [2.45, 2.75) is 20.4 Å². The number of aromatic nitrogens is 1. The van der Waals surface area contributed by atoms with Crippen LogP contribution in [0.5, 0.6) is 0 Å². The van der Waals surface area contributed by atoms with Gasteiger partial charge in [-0.15, -0.1) is 0 Å². The summed E-state index contributed by atoms with van der Waals surface area (Å²) < 4.78 is 7.39. The van der Waals surface area contributed by atoms with E-state index in [-0.39, 0.29) is 17.8 Å². The van der Waals surface area contributed by atoms with Crippen molar-refractivity contribution in [1.82, 2.24) is 9.47 Å². The first-order chi connectivity index (χ1) is 8.90. The topological polar surface area (TPSA) is 51.5 Å². The Morgan fingerprint density at radius 1 is 1.53 bits per heavy atom. The minimum absolute atomic E-state index is 0.108. The highest BCUT2D eigenvalue weighted by Crippen LogP contribution is 2.17. The average molecular weight is 331 g/mol. The van der Waals surface area contributed by atoms with Crippen molar-refractivity contribution in [3.05, 3.63) is 22.4 Å². The summed E-state index contributed by atoms with van der Waals surface area (Å²) in [6, 6.07) is 1.78. The first-order valence-corrected chi connectivity index (χ1v) is 6.89. The second kappa shape index (κ2) is 6.75. The molecule has 6 heteroatoms. The molecule has 0 bridgehead atoms. The molecule has 1 aromatic rings. The van der Waals surface area contributed by atoms with E-state index in [4.69, 9.17) is 0 Å². The highest BCUT2D eigenvalue weighted by molar-refractivity contribution is 9.10. The van der Waals surface area contributed by atoms with E-state index in [1.807, 2.05) is 17.7 Å². The molecule has 0 aliphatic heterocycles. The number of methoxy groups -OCH3 is 1. The number of hydrogen-bond donors (Lipinski definition) is 0. The third kappa shape index (κ3) is 3.83. The fourth-order valence-electron chi connectivity index (χ4n) is 1.88. The van der Waals surface area contributed by atoms with Crippen LogP contribution in [-0.2, 0) is 16.1 Å². The minimum atomic E-state index is -0.340. The van der Waals surface area contributed by atoms with E-state index < -0.39 is 0 Å². The van der Waals surface area contributed by atoms with E-state index >= 15 is 0 Å². The zero-order valence-corrected chi connectivity index (χ0v) is 13.2. The quantitative estimate of drug-likeness (QED) is 0.777. The van der Waals surface area contributed by atoms with Crippen LogP contribution in [0.3, 0.4) is 0 Å². The summed E-state index contributed by atoms with van der Waals surface area (Å²) in [6.07, 6.45) is 1.87. The molecule has 0 saturated carbocycles. The number of ether oxygens (including phenoxy) is 1. The fourth-order valence-corrected chi connectivity index (χ4v) is 2.34. The molecule has 5 nitrogen and oxygen atoms in total. The molecule has 0 aliphatic rings. The predicted molar refractivity (Wildman–Crippen MR) is 75.9 cm³/mol. The van der Waals surface area contributed by atoms with Crippen molar-refractivity contribution in [2.24, 2.45) is 5.92 Å². The van der Waals surface area contributed by atoms with Crippen LogP contribution >= 0.6 is 15.9 Å². The van der Waals surface area contributed by atoms with Crippen molar-refractivity contribution in [3.8, 4) is 0 Å². The number of nitrogens with zero attached hydrogens (tertiary/aromatic N) is 2. The number of amides is 1. The molecule has 0 spiro atoms. The lowest BCUT2D eigenvalue weighted by molar-refractivity contribution is -0.145. The maximum Gasteiger partial charge on any atom is 0.310 e. The van der Waals surface area contributed by atoms with Gasteiger partial charge in [-0.3, -0.25) is 9.59 Å². The summed E-state index contributed by atoms with van der Waals surface area (Å²) in [5, 5.41) is 0. The van der Waals surface area contributed by atoms with E-state index in [1.54, 1.807) is 20.0 Å². The summed E-state index contributed by atoms with van der Waals surface area (Å²) >= 11 is 3.36. The number of esters is 1. The molecule has 0 saturated heterocycles. The minimum Gasteiger partial charge on any atom is -0.469 e. The summed E-state index contributed by atoms with van der Waals surface area (Å²) in [4.78, 5) is 25.2. The van der Waals surface area contributed by atoms with Gasteiger partial charge in [-0.05, 0) is 28.9 Å². The zero-order valence-electron chi connectivity index (χ0n) is 11.6.